The molecule has 0 aromatic carbocycles. The third-order valence-corrected chi connectivity index (χ3v) is 3.39. The molecule has 7 nitrogen and oxygen atoms in total. The van der Waals surface area contributed by atoms with Crippen LogP contribution in [0.1, 0.15) is 37.0 Å². The maximum Gasteiger partial charge on any atom is 0.311 e. The molecular weight excluding hydrogens is 276 g/mol. The van der Waals surface area contributed by atoms with Crippen molar-refractivity contribution in [3.63, 3.8) is 0 Å². The van der Waals surface area contributed by atoms with Crippen molar-refractivity contribution in [1.29, 1.82) is 0 Å². The zero-order chi connectivity index (χ0) is 15.9. The van der Waals surface area contributed by atoms with Crippen molar-refractivity contribution in [2.24, 2.45) is 5.41 Å². The van der Waals surface area contributed by atoms with Gasteiger partial charge in [-0.2, -0.15) is 0 Å². The van der Waals surface area contributed by atoms with Crippen molar-refractivity contribution in [3.05, 3.63) is 24.2 Å². The van der Waals surface area contributed by atoms with Gasteiger partial charge in [0.2, 0.25) is 5.91 Å². The first-order valence-corrected chi connectivity index (χ1v) is 6.69. The van der Waals surface area contributed by atoms with Gasteiger partial charge in [-0.15, -0.1) is 0 Å². The number of carbonyl (C=O) groups is 3. The van der Waals surface area contributed by atoms with Crippen molar-refractivity contribution >= 4 is 17.8 Å². The quantitative estimate of drug-likeness (QED) is 0.663. The first-order valence-electron chi connectivity index (χ1n) is 6.69. The summed E-state index contributed by atoms with van der Waals surface area (Å²) < 4.78 is 4.78. The molecule has 1 atom stereocenters. The van der Waals surface area contributed by atoms with Gasteiger partial charge in [0, 0.05) is 19.5 Å². The fraction of sp³-hybridized carbons (Fsp3) is 0.500. The molecule has 0 saturated heterocycles. The molecular formula is C14H20N2O5. The number of furan rings is 1. The van der Waals surface area contributed by atoms with E-state index in [2.05, 4.69) is 10.6 Å². The maximum absolute atomic E-state index is 11.6. The van der Waals surface area contributed by atoms with Crippen LogP contribution in [0.2, 0.25) is 0 Å². The van der Waals surface area contributed by atoms with E-state index in [0.29, 0.717) is 12.0 Å². The van der Waals surface area contributed by atoms with Crippen LogP contribution in [0.25, 0.3) is 0 Å². The maximum atomic E-state index is 11.6. The highest BCUT2D eigenvalue weighted by atomic mass is 16.4. The van der Waals surface area contributed by atoms with E-state index in [4.69, 9.17) is 9.52 Å². The van der Waals surface area contributed by atoms with Crippen molar-refractivity contribution in [3.8, 4) is 0 Å². The van der Waals surface area contributed by atoms with Crippen LogP contribution in [0.3, 0.4) is 0 Å². The highest BCUT2D eigenvalue weighted by molar-refractivity contribution is 5.94. The van der Waals surface area contributed by atoms with Crippen LogP contribution >= 0.6 is 0 Å². The van der Waals surface area contributed by atoms with Crippen LogP contribution in [0.5, 0.6) is 0 Å². The Hall–Kier alpha value is -2.31. The molecule has 1 aromatic rings. The van der Waals surface area contributed by atoms with Crippen molar-refractivity contribution in [1.82, 2.24) is 10.6 Å². The Morgan fingerprint density at radius 3 is 2.57 bits per heavy atom. The molecule has 0 aliphatic rings. The summed E-state index contributed by atoms with van der Waals surface area (Å²) >= 11 is 0. The Labute approximate surface area is 122 Å². The highest BCUT2D eigenvalue weighted by Crippen LogP contribution is 2.19. The first-order chi connectivity index (χ1) is 9.89. The summed E-state index contributed by atoms with van der Waals surface area (Å²) in [5, 5.41) is 14.2. The third kappa shape index (κ3) is 4.94. The van der Waals surface area contributed by atoms with Crippen molar-refractivity contribution in [2.45, 2.75) is 26.7 Å². The minimum atomic E-state index is -0.976. The van der Waals surface area contributed by atoms with Gasteiger partial charge in [-0.3, -0.25) is 14.4 Å². The summed E-state index contributed by atoms with van der Waals surface area (Å²) in [5.74, 6) is -1.57. The number of carboxylic acids is 1. The summed E-state index contributed by atoms with van der Waals surface area (Å²) in [4.78, 5) is 34.3. The molecule has 116 valence electrons. The average Bonchev–Trinajstić information content (AvgIpc) is 2.98. The van der Waals surface area contributed by atoms with Gasteiger partial charge in [0.1, 0.15) is 6.26 Å². The van der Waals surface area contributed by atoms with Crippen LogP contribution in [0.4, 0.5) is 0 Å². The van der Waals surface area contributed by atoms with Gasteiger partial charge < -0.3 is 20.2 Å². The lowest BCUT2D eigenvalue weighted by atomic mass is 9.88. The van der Waals surface area contributed by atoms with E-state index in [0.717, 1.165) is 0 Å². The SMILES string of the molecule is CCC(C)(CNC(=O)CCNC(=O)c1ccoc1)C(=O)O. The molecule has 1 heterocycles. The van der Waals surface area contributed by atoms with Crippen molar-refractivity contribution in [2.75, 3.05) is 13.1 Å². The Kier molecular flexibility index (Phi) is 5.95. The number of aliphatic carboxylic acids is 1. The van der Waals surface area contributed by atoms with Crippen LogP contribution in [0, 0.1) is 5.41 Å². The second-order valence-corrected chi connectivity index (χ2v) is 5.01. The minimum absolute atomic E-state index is 0.0628. The summed E-state index contributed by atoms with van der Waals surface area (Å²) in [6.45, 7) is 3.57. The lowest BCUT2D eigenvalue weighted by Gasteiger charge is -2.23. The van der Waals surface area contributed by atoms with Gasteiger partial charge in [0.15, 0.2) is 0 Å². The second-order valence-electron chi connectivity index (χ2n) is 5.01. The zero-order valence-corrected chi connectivity index (χ0v) is 12.1. The van der Waals surface area contributed by atoms with Gasteiger partial charge in [-0.1, -0.05) is 6.92 Å². The number of nitrogens with one attached hydrogen (secondary N) is 2. The van der Waals surface area contributed by atoms with E-state index < -0.39 is 11.4 Å². The number of hydrogen-bond acceptors (Lipinski definition) is 4. The summed E-state index contributed by atoms with van der Waals surface area (Å²) in [6, 6.07) is 1.52. The van der Waals surface area contributed by atoms with Crippen LogP contribution in [0.15, 0.2) is 23.0 Å². The molecule has 7 heteroatoms. The Bertz CT molecular complexity index is 497. The van der Waals surface area contributed by atoms with E-state index in [1.54, 1.807) is 13.8 Å². The van der Waals surface area contributed by atoms with Crippen molar-refractivity contribution < 1.29 is 23.9 Å². The number of amides is 2. The standard InChI is InChI=1S/C14H20N2O5/c1-3-14(2,13(19)20)9-16-11(17)4-6-15-12(18)10-5-7-21-8-10/h5,7-8H,3-4,6,9H2,1-2H3,(H,15,18)(H,16,17)(H,19,20). The Morgan fingerprint density at radius 1 is 1.33 bits per heavy atom. The largest absolute Gasteiger partial charge is 0.481 e. The van der Waals surface area contributed by atoms with Gasteiger partial charge in [0.05, 0.1) is 17.2 Å². The van der Waals surface area contributed by atoms with Crippen LogP contribution < -0.4 is 10.6 Å². The summed E-state index contributed by atoms with van der Waals surface area (Å²) in [5.41, 5.74) is -0.588. The zero-order valence-electron chi connectivity index (χ0n) is 12.1. The summed E-state index contributed by atoms with van der Waals surface area (Å²) in [6.07, 6.45) is 3.21. The second kappa shape index (κ2) is 7.47. The predicted molar refractivity (Wildman–Crippen MR) is 74.7 cm³/mol. The normalized spacial score (nSPS) is 13.2. The number of hydrogen-bond donors (Lipinski definition) is 3. The average molecular weight is 296 g/mol. The molecule has 0 aliphatic carbocycles. The molecule has 0 aliphatic heterocycles. The molecule has 1 unspecified atom stereocenters. The van der Waals surface area contributed by atoms with Gasteiger partial charge in [-0.05, 0) is 19.4 Å². The number of rotatable bonds is 8. The molecule has 0 radical (unpaired) electrons. The molecule has 1 aromatic heterocycles. The lowest BCUT2D eigenvalue weighted by Crippen LogP contribution is -2.41. The lowest BCUT2D eigenvalue weighted by molar-refractivity contribution is -0.148. The molecule has 0 fully saturated rings. The Morgan fingerprint density at radius 2 is 2.05 bits per heavy atom. The first kappa shape index (κ1) is 16.7. The monoisotopic (exact) mass is 296 g/mol. The van der Waals surface area contributed by atoms with Gasteiger partial charge >= 0.3 is 5.97 Å². The molecule has 2 amide bonds. The van der Waals surface area contributed by atoms with Gasteiger partial charge in [-0.25, -0.2) is 0 Å². The van der Waals surface area contributed by atoms with Gasteiger partial charge in [0.25, 0.3) is 5.91 Å². The minimum Gasteiger partial charge on any atom is -0.481 e. The van der Waals surface area contributed by atoms with E-state index >= 15 is 0 Å². The van der Waals surface area contributed by atoms with E-state index in [-0.39, 0.29) is 31.3 Å². The smallest absolute Gasteiger partial charge is 0.311 e. The molecule has 0 spiro atoms. The van der Waals surface area contributed by atoms with E-state index in [1.165, 1.54) is 18.6 Å². The molecule has 21 heavy (non-hydrogen) atoms. The fourth-order valence-corrected chi connectivity index (χ4v) is 1.52. The number of carbonyl (C=O) groups excluding carboxylic acids is 2. The Balaban J connectivity index is 2.28. The van der Waals surface area contributed by atoms with Crippen LogP contribution in [-0.4, -0.2) is 36.0 Å². The molecule has 0 saturated carbocycles. The summed E-state index contributed by atoms with van der Waals surface area (Å²) in [7, 11) is 0. The van der Waals surface area contributed by atoms with Crippen LogP contribution in [-0.2, 0) is 9.59 Å². The number of carboxylic acid groups (broad SMARTS) is 1. The van der Waals surface area contributed by atoms with E-state index in [1.807, 2.05) is 0 Å². The topological polar surface area (TPSA) is 109 Å². The molecule has 3 N–H and O–H groups in total. The molecule has 1 rings (SSSR count). The van der Waals surface area contributed by atoms with E-state index in [9.17, 15) is 14.4 Å². The molecule has 0 bridgehead atoms. The fourth-order valence-electron chi connectivity index (χ4n) is 1.52. The predicted octanol–water partition coefficient (Wildman–Crippen LogP) is 1.02. The third-order valence-electron chi connectivity index (χ3n) is 3.39. The highest BCUT2D eigenvalue weighted by Gasteiger charge is 2.31.